The van der Waals surface area contributed by atoms with E-state index >= 15 is 0 Å². The van der Waals surface area contributed by atoms with E-state index in [1.54, 1.807) is 36.5 Å². The lowest BCUT2D eigenvalue weighted by Gasteiger charge is -2.09. The molecular formula is C23H19N5O4. The van der Waals surface area contributed by atoms with Crippen LogP contribution in [0.15, 0.2) is 90.0 Å². The van der Waals surface area contributed by atoms with Crippen LogP contribution in [0.1, 0.15) is 26.4 Å². The van der Waals surface area contributed by atoms with Crippen LogP contribution in [0.3, 0.4) is 0 Å². The summed E-state index contributed by atoms with van der Waals surface area (Å²) in [6.45, 7) is 0.304. The maximum atomic E-state index is 12.7. The van der Waals surface area contributed by atoms with Gasteiger partial charge in [0.2, 0.25) is 0 Å². The maximum absolute atomic E-state index is 12.7. The second-order valence-corrected chi connectivity index (χ2v) is 6.89. The van der Waals surface area contributed by atoms with E-state index in [4.69, 9.17) is 0 Å². The lowest BCUT2D eigenvalue weighted by atomic mass is 10.2. The van der Waals surface area contributed by atoms with E-state index < -0.39 is 17.4 Å². The fourth-order valence-corrected chi connectivity index (χ4v) is 3.09. The lowest BCUT2D eigenvalue weighted by Crippen LogP contribution is -2.44. The standard InChI is InChI=1S/C23H19N5O4/c29-19-15-28(17-10-5-2-6-11-17)26-20(19)22(31)25-24-21(30)18-12-7-13-27(23(18)32)14-16-8-3-1-4-9-16/h1-13,15,29H,14H2,(H,24,30)(H,25,31). The molecule has 0 spiro atoms. The largest absolute Gasteiger partial charge is 0.504 e. The molecule has 0 aliphatic rings. The summed E-state index contributed by atoms with van der Waals surface area (Å²) in [5, 5.41) is 14.1. The van der Waals surface area contributed by atoms with Gasteiger partial charge in [0.25, 0.3) is 17.4 Å². The third-order valence-electron chi connectivity index (χ3n) is 4.68. The molecule has 9 nitrogen and oxygen atoms in total. The van der Waals surface area contributed by atoms with Crippen LogP contribution in [-0.2, 0) is 6.54 Å². The Morgan fingerprint density at radius 2 is 1.53 bits per heavy atom. The molecule has 0 fully saturated rings. The fraction of sp³-hybridized carbons (Fsp3) is 0.0435. The molecule has 2 aromatic heterocycles. The molecule has 0 radical (unpaired) electrons. The van der Waals surface area contributed by atoms with Crippen LogP contribution in [0, 0.1) is 0 Å². The Labute approximate surface area is 182 Å². The Morgan fingerprint density at radius 3 is 2.25 bits per heavy atom. The van der Waals surface area contributed by atoms with E-state index in [0.29, 0.717) is 12.2 Å². The number of carbonyl (C=O) groups excluding carboxylic acids is 2. The van der Waals surface area contributed by atoms with Crippen LogP contribution < -0.4 is 16.4 Å². The van der Waals surface area contributed by atoms with Crippen molar-refractivity contribution in [3.63, 3.8) is 0 Å². The van der Waals surface area contributed by atoms with Gasteiger partial charge in [-0.3, -0.25) is 25.2 Å². The van der Waals surface area contributed by atoms with Gasteiger partial charge in [-0.15, -0.1) is 0 Å². The first-order valence-electron chi connectivity index (χ1n) is 9.71. The van der Waals surface area contributed by atoms with Gasteiger partial charge in [0.15, 0.2) is 11.4 Å². The number of para-hydroxylation sites is 1. The van der Waals surface area contributed by atoms with Gasteiger partial charge < -0.3 is 9.67 Å². The van der Waals surface area contributed by atoms with Crippen LogP contribution in [0.4, 0.5) is 0 Å². The quantitative estimate of drug-likeness (QED) is 0.419. The Bertz CT molecular complexity index is 1310. The molecule has 0 bridgehead atoms. The average molecular weight is 429 g/mol. The highest BCUT2D eigenvalue weighted by Gasteiger charge is 2.19. The molecule has 9 heteroatoms. The van der Waals surface area contributed by atoms with Gasteiger partial charge in [0.05, 0.1) is 18.4 Å². The first-order valence-corrected chi connectivity index (χ1v) is 9.71. The van der Waals surface area contributed by atoms with Crippen molar-refractivity contribution in [3.8, 4) is 11.4 Å². The summed E-state index contributed by atoms with van der Waals surface area (Å²) >= 11 is 0. The molecule has 4 rings (SSSR count). The SMILES string of the molecule is O=C(NNC(=O)c1cccn(Cc2ccccc2)c1=O)c1nn(-c2ccccc2)cc1O. The summed E-state index contributed by atoms with van der Waals surface area (Å²) in [7, 11) is 0. The fourth-order valence-electron chi connectivity index (χ4n) is 3.09. The van der Waals surface area contributed by atoms with Crippen molar-refractivity contribution >= 4 is 11.8 Å². The van der Waals surface area contributed by atoms with Crippen molar-refractivity contribution < 1.29 is 14.7 Å². The Balaban J connectivity index is 1.45. The van der Waals surface area contributed by atoms with Gasteiger partial charge >= 0.3 is 0 Å². The number of hydrogen-bond donors (Lipinski definition) is 3. The predicted octanol–water partition coefficient (Wildman–Crippen LogP) is 1.86. The number of pyridine rings is 1. The predicted molar refractivity (Wildman–Crippen MR) is 116 cm³/mol. The number of aromatic hydroxyl groups is 1. The van der Waals surface area contributed by atoms with Gasteiger partial charge in [-0.1, -0.05) is 48.5 Å². The minimum absolute atomic E-state index is 0.136. The molecule has 160 valence electrons. The highest BCUT2D eigenvalue weighted by Crippen LogP contribution is 2.17. The Kier molecular flexibility index (Phi) is 5.80. The number of benzene rings is 2. The van der Waals surface area contributed by atoms with Crippen LogP contribution in [-0.4, -0.2) is 31.3 Å². The number of aromatic nitrogens is 3. The maximum Gasteiger partial charge on any atom is 0.294 e. The molecule has 0 saturated carbocycles. The first kappa shape index (κ1) is 20.6. The lowest BCUT2D eigenvalue weighted by molar-refractivity contribution is 0.0841. The van der Waals surface area contributed by atoms with Gasteiger partial charge in [-0.2, -0.15) is 5.10 Å². The summed E-state index contributed by atoms with van der Waals surface area (Å²) in [5.41, 5.74) is 5.01. The highest BCUT2D eigenvalue weighted by atomic mass is 16.3. The Hall–Kier alpha value is -4.66. The van der Waals surface area contributed by atoms with Crippen molar-refractivity contribution in [3.05, 3.63) is 112 Å². The molecule has 2 heterocycles. The topological polar surface area (TPSA) is 118 Å². The van der Waals surface area contributed by atoms with Crippen molar-refractivity contribution in [2.75, 3.05) is 0 Å². The molecule has 32 heavy (non-hydrogen) atoms. The molecule has 0 atom stereocenters. The zero-order valence-electron chi connectivity index (χ0n) is 16.8. The minimum Gasteiger partial charge on any atom is -0.504 e. The van der Waals surface area contributed by atoms with E-state index in [9.17, 15) is 19.5 Å². The number of amides is 2. The van der Waals surface area contributed by atoms with E-state index in [2.05, 4.69) is 16.0 Å². The summed E-state index contributed by atoms with van der Waals surface area (Å²) in [6.07, 6.45) is 2.87. The number of nitrogens with zero attached hydrogens (tertiary/aromatic N) is 3. The molecule has 0 saturated heterocycles. The van der Waals surface area contributed by atoms with Gasteiger partial charge in [0.1, 0.15) is 5.56 Å². The zero-order valence-corrected chi connectivity index (χ0v) is 16.8. The summed E-state index contributed by atoms with van der Waals surface area (Å²) < 4.78 is 2.74. The normalized spacial score (nSPS) is 10.5. The van der Waals surface area contributed by atoms with Crippen molar-refractivity contribution in [1.29, 1.82) is 0 Å². The average Bonchev–Trinajstić information content (AvgIpc) is 3.21. The zero-order chi connectivity index (χ0) is 22.5. The van der Waals surface area contributed by atoms with Crippen LogP contribution in [0.5, 0.6) is 5.75 Å². The molecule has 0 unspecified atom stereocenters. The van der Waals surface area contributed by atoms with E-state index in [-0.39, 0.29) is 17.0 Å². The third-order valence-corrected chi connectivity index (χ3v) is 4.68. The number of hydrazine groups is 1. The molecule has 4 aromatic rings. The molecule has 2 aromatic carbocycles. The van der Waals surface area contributed by atoms with Gasteiger partial charge in [-0.05, 0) is 29.8 Å². The van der Waals surface area contributed by atoms with Gasteiger partial charge in [0, 0.05) is 6.20 Å². The van der Waals surface area contributed by atoms with E-state index in [1.165, 1.54) is 21.5 Å². The second kappa shape index (κ2) is 9.00. The van der Waals surface area contributed by atoms with Crippen LogP contribution in [0.2, 0.25) is 0 Å². The van der Waals surface area contributed by atoms with Crippen molar-refractivity contribution in [2.45, 2.75) is 6.54 Å². The highest BCUT2D eigenvalue weighted by molar-refractivity contribution is 5.99. The number of carbonyl (C=O) groups is 2. The molecule has 3 N–H and O–H groups in total. The van der Waals surface area contributed by atoms with Crippen LogP contribution >= 0.6 is 0 Å². The second-order valence-electron chi connectivity index (χ2n) is 6.89. The van der Waals surface area contributed by atoms with E-state index in [0.717, 1.165) is 5.56 Å². The molecule has 0 aliphatic heterocycles. The monoisotopic (exact) mass is 429 g/mol. The van der Waals surface area contributed by atoms with E-state index in [1.807, 2.05) is 36.4 Å². The summed E-state index contributed by atoms with van der Waals surface area (Å²) in [4.78, 5) is 37.6. The van der Waals surface area contributed by atoms with Crippen molar-refractivity contribution in [2.24, 2.45) is 0 Å². The summed E-state index contributed by atoms with van der Waals surface area (Å²) in [5.74, 6) is -1.97. The third kappa shape index (κ3) is 4.41. The molecule has 2 amide bonds. The van der Waals surface area contributed by atoms with Crippen LogP contribution in [0.25, 0.3) is 5.69 Å². The molecular weight excluding hydrogens is 410 g/mol. The number of rotatable bonds is 5. The van der Waals surface area contributed by atoms with Gasteiger partial charge in [-0.25, -0.2) is 4.68 Å². The smallest absolute Gasteiger partial charge is 0.294 e. The summed E-state index contributed by atoms with van der Waals surface area (Å²) in [6, 6.07) is 21.2. The first-order chi connectivity index (χ1) is 15.5. The molecule has 0 aliphatic carbocycles. The number of hydrogen-bond acceptors (Lipinski definition) is 5. The van der Waals surface area contributed by atoms with Crippen molar-refractivity contribution in [1.82, 2.24) is 25.2 Å². The minimum atomic E-state index is -0.828. The number of nitrogens with one attached hydrogen (secondary N) is 2. The Morgan fingerprint density at radius 1 is 0.875 bits per heavy atom.